The summed E-state index contributed by atoms with van der Waals surface area (Å²) >= 11 is 0. The number of hydrazone groups is 1. The molecule has 3 aliphatic carbocycles. The topological polar surface area (TPSA) is 62.9 Å². The predicted octanol–water partition coefficient (Wildman–Crippen LogP) is 3.51. The van der Waals surface area contributed by atoms with Gasteiger partial charge in [-0.25, -0.2) is 0 Å². The quantitative estimate of drug-likeness (QED) is 0.514. The molecular formula is C23H16N2O3. The molecule has 2 bridgehead atoms. The summed E-state index contributed by atoms with van der Waals surface area (Å²) in [6.45, 7) is 0. The average Bonchev–Trinajstić information content (AvgIpc) is 3.34. The molecule has 5 heteroatoms. The number of furan rings is 1. The van der Waals surface area contributed by atoms with Crippen LogP contribution in [0, 0.1) is 11.8 Å². The van der Waals surface area contributed by atoms with Gasteiger partial charge in [-0.1, -0.05) is 48.5 Å². The summed E-state index contributed by atoms with van der Waals surface area (Å²) in [5, 5.41) is 5.24. The van der Waals surface area contributed by atoms with E-state index in [-0.39, 0.29) is 23.7 Å². The first-order valence-corrected chi connectivity index (χ1v) is 9.38. The third kappa shape index (κ3) is 1.88. The lowest BCUT2D eigenvalue weighted by molar-refractivity contribution is -0.139. The Morgan fingerprint density at radius 1 is 0.750 bits per heavy atom. The van der Waals surface area contributed by atoms with Crippen LogP contribution in [0.15, 0.2) is 76.4 Å². The molecule has 2 aromatic carbocycles. The lowest BCUT2D eigenvalue weighted by atomic mass is 9.55. The molecule has 2 heterocycles. The van der Waals surface area contributed by atoms with E-state index >= 15 is 0 Å². The smallest absolute Gasteiger partial charge is 0.254 e. The van der Waals surface area contributed by atoms with Gasteiger partial charge in [-0.05, 0) is 34.4 Å². The van der Waals surface area contributed by atoms with E-state index < -0.39 is 11.8 Å². The van der Waals surface area contributed by atoms with Crippen LogP contribution >= 0.6 is 0 Å². The highest BCUT2D eigenvalue weighted by Crippen LogP contribution is 2.60. The molecule has 1 saturated heterocycles. The maximum absolute atomic E-state index is 13.3. The average molecular weight is 368 g/mol. The number of imide groups is 1. The SMILES string of the molecule is O=C1C2C3c4ccccc4C(c4ccccc43)C2C(=O)N1/N=C\c1ccco1. The van der Waals surface area contributed by atoms with Crippen molar-refractivity contribution in [2.24, 2.45) is 16.9 Å². The monoisotopic (exact) mass is 368 g/mol. The largest absolute Gasteiger partial charge is 0.463 e. The van der Waals surface area contributed by atoms with Crippen molar-refractivity contribution in [3.8, 4) is 0 Å². The molecule has 2 atom stereocenters. The van der Waals surface area contributed by atoms with Gasteiger partial charge in [-0.3, -0.25) is 9.59 Å². The fraction of sp³-hybridized carbons (Fsp3) is 0.174. The van der Waals surface area contributed by atoms with Crippen LogP contribution in [0.25, 0.3) is 0 Å². The number of carbonyl (C=O) groups excluding carboxylic acids is 2. The van der Waals surface area contributed by atoms with Crippen molar-refractivity contribution in [2.45, 2.75) is 11.8 Å². The molecule has 2 amide bonds. The van der Waals surface area contributed by atoms with Gasteiger partial charge in [0.25, 0.3) is 11.8 Å². The first kappa shape index (κ1) is 15.6. The summed E-state index contributed by atoms with van der Waals surface area (Å²) in [6.07, 6.45) is 2.96. The molecule has 7 rings (SSSR count). The molecule has 0 saturated carbocycles. The van der Waals surface area contributed by atoms with Crippen LogP contribution in [0.3, 0.4) is 0 Å². The van der Waals surface area contributed by atoms with Crippen molar-refractivity contribution < 1.29 is 14.0 Å². The van der Waals surface area contributed by atoms with Crippen molar-refractivity contribution >= 4 is 18.0 Å². The van der Waals surface area contributed by atoms with E-state index in [4.69, 9.17) is 4.42 Å². The minimum absolute atomic E-state index is 0.109. The van der Waals surface area contributed by atoms with Gasteiger partial charge in [0.15, 0.2) is 0 Å². The predicted molar refractivity (Wildman–Crippen MR) is 102 cm³/mol. The fourth-order valence-corrected chi connectivity index (χ4v) is 5.25. The molecule has 1 aromatic heterocycles. The number of amides is 2. The minimum Gasteiger partial charge on any atom is -0.463 e. The molecule has 0 spiro atoms. The van der Waals surface area contributed by atoms with Crippen LogP contribution in [-0.4, -0.2) is 23.0 Å². The summed E-state index contributed by atoms with van der Waals surface area (Å²) in [7, 11) is 0. The number of nitrogens with zero attached hydrogens (tertiary/aromatic N) is 2. The molecular weight excluding hydrogens is 352 g/mol. The van der Waals surface area contributed by atoms with E-state index in [1.165, 1.54) is 12.5 Å². The lowest BCUT2D eigenvalue weighted by Crippen LogP contribution is -2.41. The van der Waals surface area contributed by atoms with Crippen LogP contribution in [0.1, 0.15) is 39.8 Å². The van der Waals surface area contributed by atoms with Crippen LogP contribution in [0.4, 0.5) is 0 Å². The van der Waals surface area contributed by atoms with Crippen LogP contribution in [0.2, 0.25) is 0 Å². The Kier molecular flexibility index (Phi) is 3.07. The molecule has 4 aliphatic rings. The Balaban J connectivity index is 1.50. The highest BCUT2D eigenvalue weighted by Gasteiger charge is 2.61. The Morgan fingerprint density at radius 3 is 1.68 bits per heavy atom. The van der Waals surface area contributed by atoms with E-state index in [2.05, 4.69) is 29.4 Å². The lowest BCUT2D eigenvalue weighted by Gasteiger charge is -2.45. The summed E-state index contributed by atoms with van der Waals surface area (Å²) in [6, 6.07) is 19.8. The zero-order valence-corrected chi connectivity index (χ0v) is 14.9. The van der Waals surface area contributed by atoms with Crippen molar-refractivity contribution in [1.29, 1.82) is 0 Å². The number of hydrogen-bond acceptors (Lipinski definition) is 4. The van der Waals surface area contributed by atoms with Crippen molar-refractivity contribution in [3.63, 3.8) is 0 Å². The zero-order valence-electron chi connectivity index (χ0n) is 14.9. The molecule has 1 aliphatic heterocycles. The second-order valence-corrected chi connectivity index (χ2v) is 7.51. The maximum atomic E-state index is 13.3. The second kappa shape index (κ2) is 5.52. The van der Waals surface area contributed by atoms with Crippen molar-refractivity contribution in [1.82, 2.24) is 5.01 Å². The van der Waals surface area contributed by atoms with E-state index in [1.54, 1.807) is 12.1 Å². The van der Waals surface area contributed by atoms with Gasteiger partial charge >= 0.3 is 0 Å². The number of carbonyl (C=O) groups is 2. The highest BCUT2D eigenvalue weighted by molar-refractivity contribution is 6.08. The molecule has 1 fully saturated rings. The summed E-state index contributed by atoms with van der Waals surface area (Å²) in [4.78, 5) is 26.6. The molecule has 28 heavy (non-hydrogen) atoms. The van der Waals surface area contributed by atoms with Gasteiger partial charge in [0, 0.05) is 11.8 Å². The van der Waals surface area contributed by atoms with Gasteiger partial charge in [-0.2, -0.15) is 10.1 Å². The molecule has 136 valence electrons. The maximum Gasteiger partial charge on any atom is 0.254 e. The van der Waals surface area contributed by atoms with E-state index in [1.807, 2.05) is 24.3 Å². The first-order valence-electron chi connectivity index (χ1n) is 9.38. The van der Waals surface area contributed by atoms with Gasteiger partial charge in [0.2, 0.25) is 0 Å². The Labute approximate surface area is 161 Å². The van der Waals surface area contributed by atoms with Gasteiger partial charge in [0.1, 0.15) is 5.76 Å². The van der Waals surface area contributed by atoms with E-state index in [0.29, 0.717) is 5.76 Å². The van der Waals surface area contributed by atoms with Crippen LogP contribution in [0.5, 0.6) is 0 Å². The molecule has 0 radical (unpaired) electrons. The van der Waals surface area contributed by atoms with Crippen molar-refractivity contribution in [3.05, 3.63) is 94.9 Å². The van der Waals surface area contributed by atoms with Crippen molar-refractivity contribution in [2.75, 3.05) is 0 Å². The third-order valence-electron chi connectivity index (χ3n) is 6.27. The van der Waals surface area contributed by atoms with Crippen LogP contribution < -0.4 is 0 Å². The van der Waals surface area contributed by atoms with Gasteiger partial charge < -0.3 is 4.42 Å². The fourth-order valence-electron chi connectivity index (χ4n) is 5.25. The molecule has 5 nitrogen and oxygen atoms in total. The second-order valence-electron chi connectivity index (χ2n) is 7.51. The summed E-state index contributed by atoms with van der Waals surface area (Å²) < 4.78 is 5.24. The highest BCUT2D eigenvalue weighted by atomic mass is 16.3. The number of benzene rings is 2. The van der Waals surface area contributed by atoms with Gasteiger partial charge in [0.05, 0.1) is 24.3 Å². The zero-order chi connectivity index (χ0) is 18.8. The van der Waals surface area contributed by atoms with Gasteiger partial charge in [-0.15, -0.1) is 0 Å². The summed E-state index contributed by atoms with van der Waals surface area (Å²) in [5.74, 6) is -0.976. The third-order valence-corrected chi connectivity index (χ3v) is 6.27. The Bertz CT molecular complexity index is 1030. The van der Waals surface area contributed by atoms with Crippen LogP contribution in [-0.2, 0) is 9.59 Å². The Morgan fingerprint density at radius 2 is 1.25 bits per heavy atom. The van der Waals surface area contributed by atoms with E-state index in [9.17, 15) is 9.59 Å². The molecule has 0 N–H and O–H groups in total. The molecule has 2 unspecified atom stereocenters. The number of rotatable bonds is 2. The van der Waals surface area contributed by atoms with E-state index in [0.717, 1.165) is 27.3 Å². The molecule has 3 aromatic rings. The normalized spacial score (nSPS) is 27.2. The summed E-state index contributed by atoms with van der Waals surface area (Å²) in [5.41, 5.74) is 4.63. The first-order chi connectivity index (χ1) is 13.8. The number of hydrogen-bond donors (Lipinski definition) is 0. The standard InChI is InChI=1S/C23H16N2O3/c26-22-20-18-14-7-1-2-8-15(14)19(17-10-4-3-9-16(17)18)21(20)23(27)25(22)24-12-13-6-5-11-28-13/h1-12,18-21H/b24-12-. The Hall–Kier alpha value is -3.47. The minimum atomic E-state index is -0.406.